The van der Waals surface area contributed by atoms with E-state index in [9.17, 15) is 9.18 Å². The van der Waals surface area contributed by atoms with E-state index in [0.717, 1.165) is 16.3 Å². The molecule has 0 saturated carbocycles. The molecule has 2 aromatic heterocycles. The van der Waals surface area contributed by atoms with Crippen molar-refractivity contribution in [2.75, 3.05) is 13.2 Å². The molecular formula is C37H30FN3O5. The van der Waals surface area contributed by atoms with Crippen LogP contribution in [-0.2, 0) is 17.8 Å². The van der Waals surface area contributed by atoms with Crippen LogP contribution in [-0.4, -0.2) is 35.3 Å². The Balaban J connectivity index is 1.07. The molecule has 1 aliphatic heterocycles. The van der Waals surface area contributed by atoms with E-state index >= 15 is 0 Å². The zero-order chi connectivity index (χ0) is 31.3. The molecule has 0 bridgehead atoms. The Labute approximate surface area is 264 Å². The maximum absolute atomic E-state index is 13.6. The summed E-state index contributed by atoms with van der Waals surface area (Å²) in [6.45, 7) is 0.742. The molecule has 8 nitrogen and oxygen atoms in total. The summed E-state index contributed by atoms with van der Waals surface area (Å²) in [7, 11) is 0. The summed E-state index contributed by atoms with van der Waals surface area (Å²) in [6.07, 6.45) is 1.90. The van der Waals surface area contributed by atoms with Gasteiger partial charge < -0.3 is 24.3 Å². The van der Waals surface area contributed by atoms with Crippen LogP contribution in [0.3, 0.4) is 0 Å². The van der Waals surface area contributed by atoms with Gasteiger partial charge in [-0.15, -0.1) is 0 Å². The van der Waals surface area contributed by atoms with Crippen LogP contribution < -0.4 is 19.5 Å². The van der Waals surface area contributed by atoms with Crippen molar-refractivity contribution < 1.29 is 28.1 Å². The molecule has 7 rings (SSSR count). The highest BCUT2D eigenvalue weighted by atomic mass is 19.1. The zero-order valence-electron chi connectivity index (χ0n) is 24.8. The number of hydrogen-bond donors (Lipinski definition) is 1. The second kappa shape index (κ2) is 13.1. The lowest BCUT2D eigenvalue weighted by atomic mass is 10.00. The van der Waals surface area contributed by atoms with Crippen LogP contribution in [0.2, 0.25) is 0 Å². The monoisotopic (exact) mass is 615 g/mol. The highest BCUT2D eigenvalue weighted by molar-refractivity contribution is 5.85. The first-order valence-electron chi connectivity index (χ1n) is 15.0. The number of nitrogens with zero attached hydrogens (tertiary/aromatic N) is 2. The lowest BCUT2D eigenvalue weighted by molar-refractivity contribution is -0.0218. The summed E-state index contributed by atoms with van der Waals surface area (Å²) < 4.78 is 37.9. The molecule has 2 atom stereocenters. The smallest absolute Gasteiger partial charge is 0.407 e. The number of halogens is 1. The largest absolute Gasteiger partial charge is 0.489 e. The van der Waals surface area contributed by atoms with Crippen molar-refractivity contribution in [1.82, 2.24) is 15.3 Å². The van der Waals surface area contributed by atoms with Crippen molar-refractivity contribution in [2.45, 2.75) is 25.2 Å². The van der Waals surface area contributed by atoms with Gasteiger partial charge in [0.25, 0.3) is 0 Å². The minimum atomic E-state index is -0.793. The predicted octanol–water partition coefficient (Wildman–Crippen LogP) is 7.35. The van der Waals surface area contributed by atoms with E-state index in [1.54, 1.807) is 54.9 Å². The first-order chi connectivity index (χ1) is 22.6. The number of benzene rings is 4. The maximum atomic E-state index is 13.6. The SMILES string of the molecule is O=C(NCCc1cccc2ccccc12)O[C@@H]1c2cc(OCc3ccc4cc(F)ccc4n3)ccc2OC[C@H]1Oc1cccnc1. The van der Waals surface area contributed by atoms with Gasteiger partial charge in [0.2, 0.25) is 0 Å². The van der Waals surface area contributed by atoms with E-state index in [-0.39, 0.29) is 19.0 Å². The van der Waals surface area contributed by atoms with Crippen LogP contribution in [0.5, 0.6) is 17.2 Å². The minimum Gasteiger partial charge on any atom is -0.489 e. The van der Waals surface area contributed by atoms with Crippen LogP contribution in [0.1, 0.15) is 22.9 Å². The summed E-state index contributed by atoms with van der Waals surface area (Å²) in [4.78, 5) is 21.9. The van der Waals surface area contributed by atoms with Crippen molar-refractivity contribution in [2.24, 2.45) is 0 Å². The van der Waals surface area contributed by atoms with Gasteiger partial charge in [-0.2, -0.15) is 0 Å². The first kappa shape index (κ1) is 29.0. The molecule has 230 valence electrons. The number of aromatic nitrogens is 2. The minimum absolute atomic E-state index is 0.164. The second-order valence-electron chi connectivity index (χ2n) is 10.9. The number of pyridine rings is 2. The van der Waals surface area contributed by atoms with Gasteiger partial charge in [0.05, 0.1) is 17.4 Å². The Morgan fingerprint density at radius 2 is 1.83 bits per heavy atom. The molecule has 0 spiro atoms. The fourth-order valence-electron chi connectivity index (χ4n) is 5.60. The lowest BCUT2D eigenvalue weighted by Gasteiger charge is -2.33. The number of hydrogen-bond acceptors (Lipinski definition) is 7. The fraction of sp³-hybridized carbons (Fsp3) is 0.162. The topological polar surface area (TPSA) is 91.8 Å². The molecule has 6 aromatic rings. The molecule has 1 N–H and O–H groups in total. The third kappa shape index (κ3) is 6.53. The number of nitrogens with one attached hydrogen (secondary N) is 1. The van der Waals surface area contributed by atoms with Gasteiger partial charge >= 0.3 is 6.09 Å². The second-order valence-corrected chi connectivity index (χ2v) is 10.9. The normalized spacial score (nSPS) is 15.5. The van der Waals surface area contributed by atoms with Crippen LogP contribution in [0, 0.1) is 5.82 Å². The van der Waals surface area contributed by atoms with Crippen LogP contribution in [0.25, 0.3) is 21.7 Å². The summed E-state index contributed by atoms with van der Waals surface area (Å²) >= 11 is 0. The number of carbonyl (C=O) groups is 1. The van der Waals surface area contributed by atoms with Crippen molar-refractivity contribution in [3.8, 4) is 17.2 Å². The number of rotatable bonds is 9. The van der Waals surface area contributed by atoms with Crippen molar-refractivity contribution in [3.05, 3.63) is 138 Å². The molecule has 0 radical (unpaired) electrons. The van der Waals surface area contributed by atoms with Gasteiger partial charge in [0.15, 0.2) is 12.2 Å². The van der Waals surface area contributed by atoms with Gasteiger partial charge in [-0.25, -0.2) is 14.2 Å². The highest BCUT2D eigenvalue weighted by Crippen LogP contribution is 2.39. The Bertz CT molecular complexity index is 2000. The molecule has 3 heterocycles. The fourth-order valence-corrected chi connectivity index (χ4v) is 5.60. The van der Waals surface area contributed by atoms with Gasteiger partial charge in [0, 0.05) is 23.7 Å². The van der Waals surface area contributed by atoms with Crippen LogP contribution in [0.4, 0.5) is 9.18 Å². The molecule has 9 heteroatoms. The van der Waals surface area contributed by atoms with Gasteiger partial charge in [-0.05, 0) is 77.4 Å². The van der Waals surface area contributed by atoms with E-state index in [1.807, 2.05) is 24.3 Å². The van der Waals surface area contributed by atoms with Gasteiger partial charge in [0.1, 0.15) is 36.3 Å². The predicted molar refractivity (Wildman–Crippen MR) is 171 cm³/mol. The zero-order valence-corrected chi connectivity index (χ0v) is 24.8. The van der Waals surface area contributed by atoms with E-state index in [0.29, 0.717) is 52.4 Å². The number of amides is 1. The van der Waals surface area contributed by atoms with E-state index in [2.05, 4.69) is 39.6 Å². The van der Waals surface area contributed by atoms with Crippen molar-refractivity contribution in [1.29, 1.82) is 0 Å². The van der Waals surface area contributed by atoms with E-state index in [4.69, 9.17) is 18.9 Å². The number of alkyl carbamates (subject to hydrolysis) is 1. The standard InChI is InChI=1S/C37H30FN3O5/c38-27-11-14-33-26(19-27)10-12-28(41-33)22-43-29-13-15-34-32(20-29)36(35(23-44-34)45-30-8-4-17-39-21-30)46-37(42)40-18-16-25-7-3-6-24-5-1-2-9-31(24)25/h1-15,17,19-21,35-36H,16,18,22-23H2,(H,40,42)/t35-,36-/m1/s1. The Morgan fingerprint density at radius 3 is 2.74 bits per heavy atom. The molecule has 4 aromatic carbocycles. The molecule has 1 aliphatic rings. The third-order valence-corrected chi connectivity index (χ3v) is 7.82. The maximum Gasteiger partial charge on any atom is 0.407 e. The van der Waals surface area contributed by atoms with Crippen molar-refractivity contribution >= 4 is 27.8 Å². The molecule has 1 amide bonds. The quantitative estimate of drug-likeness (QED) is 0.182. The lowest BCUT2D eigenvalue weighted by Crippen LogP contribution is -2.40. The third-order valence-electron chi connectivity index (χ3n) is 7.82. The molecule has 0 fully saturated rings. The Kier molecular flexibility index (Phi) is 8.28. The summed E-state index contributed by atoms with van der Waals surface area (Å²) in [5.41, 5.74) is 3.12. The Morgan fingerprint density at radius 1 is 0.913 bits per heavy atom. The number of fused-ring (bicyclic) bond motifs is 3. The van der Waals surface area contributed by atoms with Crippen LogP contribution >= 0.6 is 0 Å². The summed E-state index contributed by atoms with van der Waals surface area (Å²) in [6, 6.07) is 31.3. The molecule has 0 aliphatic carbocycles. The van der Waals surface area contributed by atoms with Gasteiger partial charge in [-0.1, -0.05) is 48.5 Å². The summed E-state index contributed by atoms with van der Waals surface area (Å²) in [5.74, 6) is 1.32. The average Bonchev–Trinajstić information content (AvgIpc) is 3.09. The van der Waals surface area contributed by atoms with Gasteiger partial charge in [-0.3, -0.25) is 4.98 Å². The van der Waals surface area contributed by atoms with E-state index in [1.165, 1.54) is 12.1 Å². The molecular weight excluding hydrogens is 585 g/mol. The molecule has 0 saturated heterocycles. The number of carbonyl (C=O) groups excluding carboxylic acids is 1. The number of ether oxygens (including phenoxy) is 4. The first-order valence-corrected chi connectivity index (χ1v) is 15.0. The summed E-state index contributed by atoms with van der Waals surface area (Å²) in [5, 5.41) is 5.93. The average molecular weight is 616 g/mol. The van der Waals surface area contributed by atoms with E-state index < -0.39 is 18.3 Å². The highest BCUT2D eigenvalue weighted by Gasteiger charge is 2.36. The Hall–Kier alpha value is -5.70. The molecule has 0 unspecified atom stereocenters. The van der Waals surface area contributed by atoms with Crippen molar-refractivity contribution in [3.63, 3.8) is 0 Å². The molecule has 46 heavy (non-hydrogen) atoms. The van der Waals surface area contributed by atoms with Crippen LogP contribution in [0.15, 0.2) is 116 Å².